The minimum atomic E-state index is -0.560. The summed E-state index contributed by atoms with van der Waals surface area (Å²) in [5.41, 5.74) is 1.89. The first kappa shape index (κ1) is 16.3. The molecule has 0 bridgehead atoms. The van der Waals surface area contributed by atoms with Gasteiger partial charge in [0.2, 0.25) is 0 Å². The van der Waals surface area contributed by atoms with Crippen LogP contribution in [0.25, 0.3) is 5.95 Å². The lowest BCUT2D eigenvalue weighted by Crippen LogP contribution is -2.32. The fourth-order valence-corrected chi connectivity index (χ4v) is 2.86. The molecule has 2 aromatic heterocycles. The zero-order valence-electron chi connectivity index (χ0n) is 14.6. The highest BCUT2D eigenvalue weighted by molar-refractivity contribution is 5.94. The first-order valence-electron chi connectivity index (χ1n) is 8.54. The number of hydrogen-bond donors (Lipinski definition) is 1. The fraction of sp³-hybridized carbons (Fsp3) is 0.263. The number of hydrogen-bond acceptors (Lipinski definition) is 5. The molecule has 1 atom stereocenters. The number of carbonyl (C=O) groups excluding carboxylic acids is 1. The molecule has 0 spiro atoms. The Morgan fingerprint density at radius 2 is 2.00 bits per heavy atom. The second-order valence-electron chi connectivity index (χ2n) is 6.48. The third-order valence-electron chi connectivity index (χ3n) is 4.25. The van der Waals surface area contributed by atoms with Crippen LogP contribution in [0.2, 0.25) is 0 Å². The van der Waals surface area contributed by atoms with Crippen molar-refractivity contribution in [3.63, 3.8) is 0 Å². The van der Waals surface area contributed by atoms with Crippen LogP contribution in [0.4, 0.5) is 5.82 Å². The Hall–Kier alpha value is -3.22. The van der Waals surface area contributed by atoms with E-state index in [2.05, 4.69) is 20.4 Å². The van der Waals surface area contributed by atoms with E-state index < -0.39 is 6.10 Å². The molecule has 3 aromatic rings. The summed E-state index contributed by atoms with van der Waals surface area (Å²) in [7, 11) is 0. The quantitative estimate of drug-likeness (QED) is 0.783. The summed E-state index contributed by atoms with van der Waals surface area (Å²) < 4.78 is 7.32. The van der Waals surface area contributed by atoms with Crippen LogP contribution in [0.1, 0.15) is 31.0 Å². The van der Waals surface area contributed by atoms with Crippen molar-refractivity contribution in [1.82, 2.24) is 19.7 Å². The molecular weight excluding hydrogens is 330 g/mol. The van der Waals surface area contributed by atoms with Crippen molar-refractivity contribution in [2.24, 2.45) is 0 Å². The van der Waals surface area contributed by atoms with E-state index in [4.69, 9.17) is 4.74 Å². The van der Waals surface area contributed by atoms with Gasteiger partial charge < -0.3 is 10.1 Å². The number of ether oxygens (including phenoxy) is 1. The number of anilines is 1. The summed E-state index contributed by atoms with van der Waals surface area (Å²) >= 11 is 0. The van der Waals surface area contributed by atoms with Crippen LogP contribution in [0, 0.1) is 0 Å². The molecule has 7 nitrogen and oxygen atoms in total. The Morgan fingerprint density at radius 3 is 2.73 bits per heavy atom. The van der Waals surface area contributed by atoms with Gasteiger partial charge in [-0.3, -0.25) is 4.79 Å². The predicted molar refractivity (Wildman–Crippen MR) is 96.4 cm³/mol. The van der Waals surface area contributed by atoms with Gasteiger partial charge in [0.25, 0.3) is 11.9 Å². The Bertz CT molecular complexity index is 911. The van der Waals surface area contributed by atoms with Gasteiger partial charge in [-0.25, -0.2) is 9.97 Å². The SMILES string of the molecule is CC(C)c1cc(NC(=O)C2Cc3ccccc3O2)n(-c2ncccn2)n1. The largest absolute Gasteiger partial charge is 0.480 e. The highest BCUT2D eigenvalue weighted by Gasteiger charge is 2.30. The van der Waals surface area contributed by atoms with Crippen LogP contribution in [-0.4, -0.2) is 31.8 Å². The van der Waals surface area contributed by atoms with E-state index in [0.717, 1.165) is 17.0 Å². The maximum atomic E-state index is 12.7. The van der Waals surface area contributed by atoms with Crippen LogP contribution in [0.5, 0.6) is 5.75 Å². The van der Waals surface area contributed by atoms with Crippen molar-refractivity contribution in [3.8, 4) is 11.7 Å². The van der Waals surface area contributed by atoms with Gasteiger partial charge in [0.15, 0.2) is 6.10 Å². The number of fused-ring (bicyclic) bond motifs is 1. The Morgan fingerprint density at radius 1 is 1.23 bits per heavy atom. The summed E-state index contributed by atoms with van der Waals surface area (Å²) in [4.78, 5) is 21.2. The topological polar surface area (TPSA) is 81.9 Å². The second kappa shape index (κ2) is 6.59. The minimum Gasteiger partial charge on any atom is -0.480 e. The number of amides is 1. The smallest absolute Gasteiger partial charge is 0.266 e. The van der Waals surface area contributed by atoms with E-state index in [1.807, 2.05) is 44.2 Å². The number of para-hydroxylation sites is 1. The molecule has 132 valence electrons. The van der Waals surface area contributed by atoms with Crippen molar-refractivity contribution in [3.05, 3.63) is 60.0 Å². The lowest BCUT2D eigenvalue weighted by atomic mass is 10.1. The van der Waals surface area contributed by atoms with Crippen molar-refractivity contribution >= 4 is 11.7 Å². The molecule has 7 heteroatoms. The number of rotatable bonds is 4. The molecule has 0 saturated carbocycles. The first-order valence-corrected chi connectivity index (χ1v) is 8.54. The van der Waals surface area contributed by atoms with Gasteiger partial charge in [-0.2, -0.15) is 9.78 Å². The van der Waals surface area contributed by atoms with Gasteiger partial charge in [0.05, 0.1) is 5.69 Å². The van der Waals surface area contributed by atoms with Crippen molar-refractivity contribution in [2.45, 2.75) is 32.3 Å². The molecule has 1 aliphatic rings. The van der Waals surface area contributed by atoms with E-state index in [9.17, 15) is 4.79 Å². The lowest BCUT2D eigenvalue weighted by Gasteiger charge is -2.12. The van der Waals surface area contributed by atoms with Crippen LogP contribution in [0.15, 0.2) is 48.8 Å². The maximum absolute atomic E-state index is 12.7. The van der Waals surface area contributed by atoms with Gasteiger partial charge in [0, 0.05) is 24.9 Å². The molecule has 3 heterocycles. The van der Waals surface area contributed by atoms with Crippen molar-refractivity contribution in [2.75, 3.05) is 5.32 Å². The normalized spacial score (nSPS) is 15.6. The highest BCUT2D eigenvalue weighted by Crippen LogP contribution is 2.29. The van der Waals surface area contributed by atoms with Gasteiger partial charge in [-0.1, -0.05) is 32.0 Å². The average molecular weight is 349 g/mol. The summed E-state index contributed by atoms with van der Waals surface area (Å²) in [6.07, 6.45) is 3.27. The summed E-state index contributed by atoms with van der Waals surface area (Å²) in [6.45, 7) is 4.09. The fourth-order valence-electron chi connectivity index (χ4n) is 2.86. The molecular formula is C19H19N5O2. The third-order valence-corrected chi connectivity index (χ3v) is 4.25. The zero-order valence-corrected chi connectivity index (χ0v) is 14.6. The molecule has 0 aliphatic carbocycles. The Kier molecular flexibility index (Phi) is 4.12. The summed E-state index contributed by atoms with van der Waals surface area (Å²) in [6, 6.07) is 11.3. The van der Waals surface area contributed by atoms with Gasteiger partial charge in [-0.05, 0) is 23.6 Å². The predicted octanol–water partition coefficient (Wildman–Crippen LogP) is 2.73. The molecule has 1 aromatic carbocycles. The molecule has 1 unspecified atom stereocenters. The Labute approximate surface area is 151 Å². The summed E-state index contributed by atoms with van der Waals surface area (Å²) in [5, 5.41) is 7.45. The average Bonchev–Trinajstić information content (AvgIpc) is 3.26. The zero-order chi connectivity index (χ0) is 18.1. The molecule has 0 saturated heterocycles. The van der Waals surface area contributed by atoms with E-state index in [0.29, 0.717) is 18.2 Å². The van der Waals surface area contributed by atoms with Gasteiger partial charge in [-0.15, -0.1) is 0 Å². The monoisotopic (exact) mass is 349 g/mol. The number of carbonyl (C=O) groups is 1. The van der Waals surface area contributed by atoms with Crippen molar-refractivity contribution < 1.29 is 9.53 Å². The van der Waals surface area contributed by atoms with E-state index >= 15 is 0 Å². The van der Waals surface area contributed by atoms with E-state index in [1.54, 1.807) is 23.1 Å². The van der Waals surface area contributed by atoms with Crippen LogP contribution in [-0.2, 0) is 11.2 Å². The minimum absolute atomic E-state index is 0.211. The van der Waals surface area contributed by atoms with Crippen LogP contribution >= 0.6 is 0 Å². The molecule has 1 aliphatic heterocycles. The number of benzene rings is 1. The van der Waals surface area contributed by atoms with Crippen LogP contribution < -0.4 is 10.1 Å². The van der Waals surface area contributed by atoms with E-state index in [1.165, 1.54) is 0 Å². The second-order valence-corrected chi connectivity index (χ2v) is 6.48. The third kappa shape index (κ3) is 3.03. The Balaban J connectivity index is 1.59. The first-order chi connectivity index (χ1) is 12.6. The number of aromatic nitrogens is 4. The molecule has 26 heavy (non-hydrogen) atoms. The molecule has 0 radical (unpaired) electrons. The summed E-state index contributed by atoms with van der Waals surface area (Å²) in [5.74, 6) is 1.70. The van der Waals surface area contributed by atoms with E-state index in [-0.39, 0.29) is 11.8 Å². The van der Waals surface area contributed by atoms with Gasteiger partial charge >= 0.3 is 0 Å². The number of nitrogens with zero attached hydrogens (tertiary/aromatic N) is 4. The lowest BCUT2D eigenvalue weighted by molar-refractivity contribution is -0.122. The molecule has 0 fully saturated rings. The standard InChI is InChI=1S/C19H19N5O2/c1-12(2)14-11-17(24(23-14)19-20-8-5-9-21-19)22-18(25)16-10-13-6-3-4-7-15(13)26-16/h3-9,11-12,16H,10H2,1-2H3,(H,22,25). The number of nitrogens with one attached hydrogen (secondary N) is 1. The van der Waals surface area contributed by atoms with Crippen LogP contribution in [0.3, 0.4) is 0 Å². The van der Waals surface area contributed by atoms with Gasteiger partial charge in [0.1, 0.15) is 11.6 Å². The van der Waals surface area contributed by atoms with Crippen molar-refractivity contribution in [1.29, 1.82) is 0 Å². The molecule has 4 rings (SSSR count). The maximum Gasteiger partial charge on any atom is 0.266 e. The molecule has 1 amide bonds. The highest BCUT2D eigenvalue weighted by atomic mass is 16.5. The molecule has 1 N–H and O–H groups in total.